The van der Waals surface area contributed by atoms with E-state index in [2.05, 4.69) is 4.90 Å². The van der Waals surface area contributed by atoms with E-state index in [1.54, 1.807) is 6.07 Å². The highest BCUT2D eigenvalue weighted by Gasteiger charge is 2.41. The summed E-state index contributed by atoms with van der Waals surface area (Å²) in [5.41, 5.74) is 6.02. The Hall–Kier alpha value is -1.84. The number of ether oxygens (including phenoxy) is 2. The van der Waals surface area contributed by atoms with E-state index in [1.165, 1.54) is 24.6 Å². The Balaban J connectivity index is 2.48. The number of likely N-dealkylation sites (N-methyl/N-ethyl adjacent to an activating group) is 1. The Bertz CT molecular complexity index is 762. The number of amides is 1. The molecule has 1 atom stereocenters. The summed E-state index contributed by atoms with van der Waals surface area (Å²) in [5.74, 6) is 0.0888. The number of carbonyl (C=O) groups is 1. The van der Waals surface area contributed by atoms with Crippen molar-refractivity contribution < 1.29 is 22.7 Å². The minimum absolute atomic E-state index is 0.132. The van der Waals surface area contributed by atoms with E-state index in [9.17, 15) is 13.2 Å². The molecule has 2 rings (SSSR count). The smallest absolute Gasteiger partial charge is 0.244 e. The first-order valence-electron chi connectivity index (χ1n) is 8.58. The molecular weight excluding hydrogens is 358 g/mol. The number of hydrogen-bond acceptors (Lipinski definition) is 6. The van der Waals surface area contributed by atoms with Crippen molar-refractivity contribution in [1.82, 2.24) is 9.21 Å². The molecule has 8 nitrogen and oxygen atoms in total. The number of carbonyl (C=O) groups excluding carboxylic acids is 1. The second-order valence-corrected chi connectivity index (χ2v) is 7.94. The Kier molecular flexibility index (Phi) is 6.48. The fourth-order valence-electron chi connectivity index (χ4n) is 3.20. The molecule has 0 saturated heterocycles. The fraction of sp³-hybridized carbons (Fsp3) is 0.588. The van der Waals surface area contributed by atoms with Crippen molar-refractivity contribution in [2.75, 3.05) is 40.4 Å². The van der Waals surface area contributed by atoms with Crippen molar-refractivity contribution in [3.63, 3.8) is 0 Å². The van der Waals surface area contributed by atoms with Crippen LogP contribution in [0, 0.1) is 0 Å². The van der Waals surface area contributed by atoms with Crippen molar-refractivity contribution >= 4 is 15.9 Å². The van der Waals surface area contributed by atoms with E-state index < -0.39 is 22.0 Å². The van der Waals surface area contributed by atoms with Crippen LogP contribution >= 0.6 is 0 Å². The molecule has 26 heavy (non-hydrogen) atoms. The van der Waals surface area contributed by atoms with Crippen LogP contribution < -0.4 is 15.2 Å². The maximum atomic E-state index is 13.2. The van der Waals surface area contributed by atoms with Crippen molar-refractivity contribution in [3.05, 3.63) is 17.7 Å². The van der Waals surface area contributed by atoms with Crippen LogP contribution in [0.15, 0.2) is 17.0 Å². The number of methoxy groups -OCH3 is 2. The zero-order valence-corrected chi connectivity index (χ0v) is 16.5. The number of nitrogens with zero attached hydrogens (tertiary/aromatic N) is 2. The minimum Gasteiger partial charge on any atom is -0.493 e. The molecule has 1 heterocycles. The monoisotopic (exact) mass is 385 g/mol. The van der Waals surface area contributed by atoms with Crippen LogP contribution in [-0.2, 0) is 21.2 Å². The lowest BCUT2D eigenvalue weighted by Gasteiger charge is -2.35. The zero-order chi connectivity index (χ0) is 19.5. The second-order valence-electron chi connectivity index (χ2n) is 6.08. The van der Waals surface area contributed by atoms with Gasteiger partial charge >= 0.3 is 0 Å². The maximum Gasteiger partial charge on any atom is 0.244 e. The number of sulfonamides is 1. The highest BCUT2D eigenvalue weighted by molar-refractivity contribution is 7.89. The van der Waals surface area contributed by atoms with Gasteiger partial charge in [0.2, 0.25) is 15.9 Å². The molecule has 0 radical (unpaired) electrons. The second kappa shape index (κ2) is 8.24. The van der Waals surface area contributed by atoms with Gasteiger partial charge < -0.3 is 20.1 Å². The molecule has 0 aliphatic carbocycles. The van der Waals surface area contributed by atoms with Crippen molar-refractivity contribution in [2.45, 2.75) is 31.2 Å². The molecule has 1 amide bonds. The number of primary amides is 1. The molecule has 146 valence electrons. The van der Waals surface area contributed by atoms with E-state index in [0.717, 1.165) is 13.1 Å². The summed E-state index contributed by atoms with van der Waals surface area (Å²) in [6.45, 7) is 6.34. The molecule has 9 heteroatoms. The Labute approximate surface area is 154 Å². The summed E-state index contributed by atoms with van der Waals surface area (Å²) in [4.78, 5) is 14.2. The first-order chi connectivity index (χ1) is 12.3. The molecule has 0 spiro atoms. The molecular formula is C17H27N3O5S. The van der Waals surface area contributed by atoms with Crippen molar-refractivity contribution in [2.24, 2.45) is 5.73 Å². The molecule has 0 fully saturated rings. The quantitative estimate of drug-likeness (QED) is 0.697. The predicted octanol–water partition coefficient (Wildman–Crippen LogP) is 0.446. The summed E-state index contributed by atoms with van der Waals surface area (Å²) < 4.78 is 38.0. The molecule has 0 saturated carbocycles. The molecule has 1 aromatic carbocycles. The third-order valence-corrected chi connectivity index (χ3v) is 6.76. The van der Waals surface area contributed by atoms with Gasteiger partial charge in [0, 0.05) is 19.2 Å². The SMILES string of the molecule is CCN(CC)CCN1C(C(N)=O)Cc2cc(OC)c(OC)cc2S1(=O)=O. The van der Waals surface area contributed by atoms with Crippen LogP contribution in [0.25, 0.3) is 0 Å². The number of fused-ring (bicyclic) bond motifs is 1. The third-order valence-electron chi connectivity index (χ3n) is 4.77. The lowest BCUT2D eigenvalue weighted by atomic mass is 10.0. The molecule has 0 bridgehead atoms. The zero-order valence-electron chi connectivity index (χ0n) is 15.7. The third kappa shape index (κ3) is 3.79. The topological polar surface area (TPSA) is 102 Å². The van der Waals surface area contributed by atoms with Crippen LogP contribution in [0.1, 0.15) is 19.4 Å². The largest absolute Gasteiger partial charge is 0.493 e. The van der Waals surface area contributed by atoms with Crippen LogP contribution in [0.3, 0.4) is 0 Å². The van der Waals surface area contributed by atoms with Gasteiger partial charge in [-0.25, -0.2) is 8.42 Å². The summed E-state index contributed by atoms with van der Waals surface area (Å²) in [6, 6.07) is 2.13. The standard InChI is InChI=1S/C17H27N3O5S/c1-5-19(6-2)7-8-20-13(17(18)21)9-12-10-14(24-3)15(25-4)11-16(12)26(20,22)23/h10-11,13H,5-9H2,1-4H3,(H2,18,21). The number of benzene rings is 1. The van der Waals surface area contributed by atoms with Crippen LogP contribution in [0.5, 0.6) is 11.5 Å². The van der Waals surface area contributed by atoms with E-state index >= 15 is 0 Å². The van der Waals surface area contributed by atoms with E-state index in [-0.39, 0.29) is 17.9 Å². The first kappa shape index (κ1) is 20.5. The molecule has 0 aromatic heterocycles. The fourth-order valence-corrected chi connectivity index (χ4v) is 5.02. The van der Waals surface area contributed by atoms with Crippen LogP contribution in [-0.4, -0.2) is 70.0 Å². The van der Waals surface area contributed by atoms with Gasteiger partial charge in [0.05, 0.1) is 19.1 Å². The van der Waals surface area contributed by atoms with Gasteiger partial charge in [0.1, 0.15) is 6.04 Å². The van der Waals surface area contributed by atoms with E-state index in [1.807, 2.05) is 13.8 Å². The van der Waals surface area contributed by atoms with Crippen molar-refractivity contribution in [3.8, 4) is 11.5 Å². The maximum absolute atomic E-state index is 13.2. The highest BCUT2D eigenvalue weighted by atomic mass is 32.2. The van der Waals surface area contributed by atoms with Crippen molar-refractivity contribution in [1.29, 1.82) is 0 Å². The molecule has 1 unspecified atom stereocenters. The van der Waals surface area contributed by atoms with Gasteiger partial charge in [-0.1, -0.05) is 13.8 Å². The Morgan fingerprint density at radius 2 is 1.81 bits per heavy atom. The van der Waals surface area contributed by atoms with Crippen LogP contribution in [0.2, 0.25) is 0 Å². The van der Waals surface area contributed by atoms with Gasteiger partial charge in [-0.2, -0.15) is 4.31 Å². The summed E-state index contributed by atoms with van der Waals surface area (Å²) in [7, 11) is -0.952. The van der Waals surface area contributed by atoms with E-state index in [4.69, 9.17) is 15.2 Å². The molecule has 2 N–H and O–H groups in total. The lowest BCUT2D eigenvalue weighted by molar-refractivity contribution is -0.121. The Morgan fingerprint density at radius 1 is 1.23 bits per heavy atom. The number of nitrogens with two attached hydrogens (primary N) is 1. The predicted molar refractivity (Wildman–Crippen MR) is 97.9 cm³/mol. The number of hydrogen-bond donors (Lipinski definition) is 1. The molecule has 1 aromatic rings. The molecule has 1 aliphatic rings. The Morgan fingerprint density at radius 3 is 2.31 bits per heavy atom. The first-order valence-corrected chi connectivity index (χ1v) is 10.0. The van der Waals surface area contributed by atoms with Gasteiger partial charge in [0.25, 0.3) is 0 Å². The number of rotatable bonds is 8. The average molecular weight is 385 g/mol. The summed E-state index contributed by atoms with van der Waals surface area (Å²) in [6.07, 6.45) is 0.211. The summed E-state index contributed by atoms with van der Waals surface area (Å²) in [5, 5.41) is 0. The van der Waals surface area contributed by atoms with Gasteiger partial charge in [-0.3, -0.25) is 4.79 Å². The van der Waals surface area contributed by atoms with Crippen LogP contribution in [0.4, 0.5) is 0 Å². The highest BCUT2D eigenvalue weighted by Crippen LogP contribution is 2.38. The van der Waals surface area contributed by atoms with Gasteiger partial charge in [-0.15, -0.1) is 0 Å². The normalized spacial score (nSPS) is 19.2. The lowest BCUT2D eigenvalue weighted by Crippen LogP contribution is -2.53. The van der Waals surface area contributed by atoms with Gasteiger partial charge in [0.15, 0.2) is 11.5 Å². The summed E-state index contributed by atoms with van der Waals surface area (Å²) >= 11 is 0. The van der Waals surface area contributed by atoms with E-state index in [0.29, 0.717) is 23.6 Å². The average Bonchev–Trinajstić information content (AvgIpc) is 2.62. The molecule has 1 aliphatic heterocycles. The van der Waals surface area contributed by atoms with Gasteiger partial charge in [-0.05, 0) is 31.1 Å². The minimum atomic E-state index is -3.88.